The molecule has 1 unspecified atom stereocenters. The van der Waals surface area contributed by atoms with Gasteiger partial charge in [-0.15, -0.1) is 0 Å². The molecule has 28 heavy (non-hydrogen) atoms. The van der Waals surface area contributed by atoms with Crippen molar-refractivity contribution in [3.8, 4) is 5.75 Å². The number of rotatable bonds is 7. The topological polar surface area (TPSA) is 70.7 Å². The third-order valence-electron chi connectivity index (χ3n) is 4.96. The summed E-state index contributed by atoms with van der Waals surface area (Å²) in [7, 11) is 1.64. The zero-order valence-electron chi connectivity index (χ0n) is 16.4. The Balaban J connectivity index is 1.38. The average Bonchev–Trinajstić information content (AvgIpc) is 3.08. The number of methoxy groups -OCH3 is 1. The molecular formula is C22H27N3O3. The number of carbonyl (C=O) groups excluding carboxylic acids is 2. The number of amides is 3. The van der Waals surface area contributed by atoms with Crippen LogP contribution in [0.2, 0.25) is 0 Å². The van der Waals surface area contributed by atoms with Gasteiger partial charge in [0.15, 0.2) is 0 Å². The molecule has 1 aliphatic rings. The molecule has 1 atom stereocenters. The van der Waals surface area contributed by atoms with Crippen molar-refractivity contribution < 1.29 is 14.3 Å². The molecule has 0 aliphatic carbocycles. The Hall–Kier alpha value is -3.02. The van der Waals surface area contributed by atoms with Crippen molar-refractivity contribution >= 4 is 17.6 Å². The minimum atomic E-state index is -0.199. The van der Waals surface area contributed by atoms with Crippen LogP contribution < -0.4 is 20.3 Å². The Morgan fingerprint density at radius 3 is 2.50 bits per heavy atom. The first kappa shape index (κ1) is 19.7. The summed E-state index contributed by atoms with van der Waals surface area (Å²) in [5.41, 5.74) is 3.22. The Bertz CT molecular complexity index is 803. The average molecular weight is 381 g/mol. The summed E-state index contributed by atoms with van der Waals surface area (Å²) in [6.07, 6.45) is 1.21. The van der Waals surface area contributed by atoms with Crippen LogP contribution in [0.15, 0.2) is 48.5 Å². The lowest BCUT2D eigenvalue weighted by atomic mass is 10.1. The second kappa shape index (κ2) is 9.26. The molecule has 1 aliphatic heterocycles. The first-order valence-electron chi connectivity index (χ1n) is 9.57. The number of hydrogen-bond acceptors (Lipinski definition) is 3. The highest BCUT2D eigenvalue weighted by Crippen LogP contribution is 2.24. The number of nitrogens with zero attached hydrogens (tertiary/aromatic N) is 1. The summed E-state index contributed by atoms with van der Waals surface area (Å²) in [5.74, 6) is 1.05. The number of nitrogens with one attached hydrogen (secondary N) is 2. The summed E-state index contributed by atoms with van der Waals surface area (Å²) < 4.78 is 5.13. The molecule has 2 aromatic rings. The van der Waals surface area contributed by atoms with Crippen LogP contribution in [0.1, 0.15) is 17.5 Å². The van der Waals surface area contributed by atoms with Gasteiger partial charge in [0.25, 0.3) is 0 Å². The second-order valence-electron chi connectivity index (χ2n) is 7.14. The number of carbonyl (C=O) groups is 2. The number of hydrogen-bond donors (Lipinski definition) is 2. The van der Waals surface area contributed by atoms with Crippen molar-refractivity contribution in [1.29, 1.82) is 0 Å². The summed E-state index contributed by atoms with van der Waals surface area (Å²) >= 11 is 0. The Morgan fingerprint density at radius 2 is 1.82 bits per heavy atom. The smallest absolute Gasteiger partial charge is 0.314 e. The van der Waals surface area contributed by atoms with Crippen LogP contribution in [0.4, 0.5) is 10.5 Å². The van der Waals surface area contributed by atoms with Gasteiger partial charge in [-0.05, 0) is 43.2 Å². The van der Waals surface area contributed by atoms with Gasteiger partial charge < -0.3 is 20.3 Å². The summed E-state index contributed by atoms with van der Waals surface area (Å²) in [6.45, 7) is 3.70. The molecule has 3 rings (SSSR count). The minimum Gasteiger partial charge on any atom is -0.497 e. The van der Waals surface area contributed by atoms with Crippen LogP contribution in [0.25, 0.3) is 0 Å². The predicted molar refractivity (Wildman–Crippen MR) is 110 cm³/mol. The molecule has 1 fully saturated rings. The number of benzene rings is 2. The van der Waals surface area contributed by atoms with Gasteiger partial charge in [0, 0.05) is 37.7 Å². The molecule has 1 saturated heterocycles. The summed E-state index contributed by atoms with van der Waals surface area (Å²) in [5, 5.41) is 5.75. The van der Waals surface area contributed by atoms with Crippen LogP contribution >= 0.6 is 0 Å². The molecule has 148 valence electrons. The van der Waals surface area contributed by atoms with Crippen molar-refractivity contribution in [2.75, 3.05) is 31.6 Å². The van der Waals surface area contributed by atoms with E-state index in [0.29, 0.717) is 26.1 Å². The van der Waals surface area contributed by atoms with Crippen molar-refractivity contribution in [3.05, 3.63) is 59.7 Å². The molecule has 6 nitrogen and oxygen atoms in total. The quantitative estimate of drug-likeness (QED) is 0.775. The highest BCUT2D eigenvalue weighted by molar-refractivity contribution is 5.95. The van der Waals surface area contributed by atoms with E-state index in [1.807, 2.05) is 55.5 Å². The van der Waals surface area contributed by atoms with E-state index in [2.05, 4.69) is 10.6 Å². The monoisotopic (exact) mass is 381 g/mol. The highest BCUT2D eigenvalue weighted by Gasteiger charge is 2.30. The Kier molecular flexibility index (Phi) is 6.53. The minimum absolute atomic E-state index is 0.107. The van der Waals surface area contributed by atoms with E-state index in [1.54, 1.807) is 12.0 Å². The first-order chi connectivity index (χ1) is 13.5. The van der Waals surface area contributed by atoms with Gasteiger partial charge >= 0.3 is 6.03 Å². The lowest BCUT2D eigenvalue weighted by Gasteiger charge is -2.17. The summed E-state index contributed by atoms with van der Waals surface area (Å²) in [6, 6.07) is 15.5. The lowest BCUT2D eigenvalue weighted by Crippen LogP contribution is -2.39. The Labute approximate surface area is 165 Å². The van der Waals surface area contributed by atoms with Crippen molar-refractivity contribution in [2.45, 2.75) is 19.8 Å². The fourth-order valence-electron chi connectivity index (χ4n) is 3.30. The maximum atomic E-state index is 12.3. The molecule has 0 aromatic heterocycles. The number of ether oxygens (including phenoxy) is 1. The molecule has 2 N–H and O–H groups in total. The maximum Gasteiger partial charge on any atom is 0.314 e. The lowest BCUT2D eigenvalue weighted by molar-refractivity contribution is -0.117. The molecular weight excluding hydrogens is 354 g/mol. The zero-order valence-corrected chi connectivity index (χ0v) is 16.4. The van der Waals surface area contributed by atoms with Gasteiger partial charge in [-0.25, -0.2) is 4.79 Å². The molecule has 1 heterocycles. The zero-order chi connectivity index (χ0) is 19.9. The van der Waals surface area contributed by atoms with Gasteiger partial charge in [0.1, 0.15) is 5.75 Å². The Morgan fingerprint density at radius 1 is 1.11 bits per heavy atom. The van der Waals surface area contributed by atoms with Crippen LogP contribution in [-0.2, 0) is 11.2 Å². The van der Waals surface area contributed by atoms with Crippen molar-refractivity contribution in [3.63, 3.8) is 0 Å². The fourth-order valence-corrected chi connectivity index (χ4v) is 3.30. The largest absolute Gasteiger partial charge is 0.497 e. The highest BCUT2D eigenvalue weighted by atomic mass is 16.5. The van der Waals surface area contributed by atoms with Gasteiger partial charge in [0.05, 0.1) is 7.11 Å². The van der Waals surface area contributed by atoms with Crippen LogP contribution in [0, 0.1) is 12.8 Å². The van der Waals surface area contributed by atoms with E-state index in [-0.39, 0.29) is 17.9 Å². The van der Waals surface area contributed by atoms with Gasteiger partial charge in [-0.3, -0.25) is 4.79 Å². The number of aryl methyl sites for hydroxylation is 1. The fraction of sp³-hybridized carbons (Fsp3) is 0.364. The molecule has 0 saturated carbocycles. The summed E-state index contributed by atoms with van der Waals surface area (Å²) in [4.78, 5) is 26.1. The van der Waals surface area contributed by atoms with Crippen molar-refractivity contribution in [2.24, 2.45) is 5.92 Å². The van der Waals surface area contributed by atoms with E-state index >= 15 is 0 Å². The van der Waals surface area contributed by atoms with E-state index in [0.717, 1.165) is 23.4 Å². The van der Waals surface area contributed by atoms with Crippen molar-refractivity contribution in [1.82, 2.24) is 10.6 Å². The molecule has 6 heteroatoms. The number of anilines is 1. The standard InChI is InChI=1S/C22H27N3O3/c1-16-3-7-19(8-4-16)25-15-18(13-21(25)26)14-24-22(27)23-12-11-17-5-9-20(28-2)10-6-17/h3-10,18H,11-15H2,1-2H3,(H2,23,24,27). The first-order valence-corrected chi connectivity index (χ1v) is 9.57. The van der Waals surface area contributed by atoms with Gasteiger partial charge in [-0.1, -0.05) is 29.8 Å². The van der Waals surface area contributed by atoms with E-state index in [1.165, 1.54) is 5.56 Å². The number of urea groups is 1. The van der Waals surface area contributed by atoms with Crippen LogP contribution in [0.3, 0.4) is 0 Å². The van der Waals surface area contributed by atoms with Gasteiger partial charge in [0.2, 0.25) is 5.91 Å². The van der Waals surface area contributed by atoms with Crippen LogP contribution in [0.5, 0.6) is 5.75 Å². The maximum absolute atomic E-state index is 12.3. The molecule has 0 radical (unpaired) electrons. The second-order valence-corrected chi connectivity index (χ2v) is 7.14. The molecule has 2 aromatic carbocycles. The van der Waals surface area contributed by atoms with E-state index in [9.17, 15) is 9.59 Å². The van der Waals surface area contributed by atoms with E-state index < -0.39 is 0 Å². The molecule has 0 bridgehead atoms. The molecule has 0 spiro atoms. The van der Waals surface area contributed by atoms with Gasteiger partial charge in [-0.2, -0.15) is 0 Å². The third kappa shape index (κ3) is 5.25. The predicted octanol–water partition coefficient (Wildman–Crippen LogP) is 2.90. The van der Waals surface area contributed by atoms with E-state index in [4.69, 9.17) is 4.74 Å². The SMILES string of the molecule is COc1ccc(CCNC(=O)NCC2CC(=O)N(c3ccc(C)cc3)C2)cc1. The van der Waals surface area contributed by atoms with Crippen LogP contribution in [-0.4, -0.2) is 38.7 Å². The molecule has 3 amide bonds. The normalized spacial score (nSPS) is 16.1. The third-order valence-corrected chi connectivity index (χ3v) is 4.96.